The van der Waals surface area contributed by atoms with Crippen molar-refractivity contribution < 1.29 is 14.4 Å². The molecule has 2 aliphatic rings. The van der Waals surface area contributed by atoms with Crippen LogP contribution in [-0.4, -0.2) is 35.3 Å². The van der Waals surface area contributed by atoms with Crippen molar-refractivity contribution in [2.45, 2.75) is 32.0 Å². The number of anilines is 1. The number of nitrogens with one attached hydrogen (secondary N) is 1. The first kappa shape index (κ1) is 17.3. The lowest BCUT2D eigenvalue weighted by Crippen LogP contribution is -2.69. The average Bonchev–Trinajstić information content (AvgIpc) is 3.04. The van der Waals surface area contributed by atoms with Gasteiger partial charge < -0.3 is 10.2 Å². The van der Waals surface area contributed by atoms with Gasteiger partial charge in [-0.25, -0.2) is 0 Å². The average molecular weight is 363 g/mol. The minimum absolute atomic E-state index is 0.146. The first-order valence-corrected chi connectivity index (χ1v) is 8.99. The predicted octanol–water partition coefficient (Wildman–Crippen LogP) is 2.22. The zero-order chi connectivity index (χ0) is 19.2. The molecule has 0 aliphatic carbocycles. The maximum Gasteiger partial charge on any atom is 0.267 e. The van der Waals surface area contributed by atoms with Gasteiger partial charge in [-0.15, -0.1) is 0 Å². The van der Waals surface area contributed by atoms with Gasteiger partial charge in [-0.05, 0) is 24.6 Å². The van der Waals surface area contributed by atoms with Crippen LogP contribution in [-0.2, 0) is 16.1 Å². The van der Waals surface area contributed by atoms with Crippen molar-refractivity contribution in [1.29, 1.82) is 0 Å². The number of hydrogen-bond acceptors (Lipinski definition) is 3. The summed E-state index contributed by atoms with van der Waals surface area (Å²) in [7, 11) is 1.59. The van der Waals surface area contributed by atoms with Gasteiger partial charge >= 0.3 is 0 Å². The minimum Gasteiger partial charge on any atom is -0.348 e. The van der Waals surface area contributed by atoms with Gasteiger partial charge in [0.05, 0.1) is 11.3 Å². The van der Waals surface area contributed by atoms with E-state index in [2.05, 4.69) is 5.32 Å². The van der Waals surface area contributed by atoms with Crippen LogP contribution >= 0.6 is 0 Å². The smallest absolute Gasteiger partial charge is 0.267 e. The highest BCUT2D eigenvalue weighted by Gasteiger charge is 2.59. The Bertz CT molecular complexity index is 938. The fourth-order valence-corrected chi connectivity index (χ4v) is 3.96. The maximum absolute atomic E-state index is 13.3. The molecule has 138 valence electrons. The van der Waals surface area contributed by atoms with Crippen LogP contribution in [0, 0.1) is 6.92 Å². The van der Waals surface area contributed by atoms with Gasteiger partial charge in [-0.1, -0.05) is 42.0 Å². The van der Waals surface area contributed by atoms with Crippen molar-refractivity contribution in [2.75, 3.05) is 11.9 Å². The maximum atomic E-state index is 13.3. The Morgan fingerprint density at radius 3 is 2.56 bits per heavy atom. The number of benzene rings is 2. The molecule has 2 aliphatic heterocycles. The van der Waals surface area contributed by atoms with Crippen LogP contribution in [0.1, 0.15) is 34.3 Å². The fourth-order valence-electron chi connectivity index (χ4n) is 3.96. The number of fused-ring (bicyclic) bond motifs is 3. The molecular formula is C21H21N3O3. The summed E-state index contributed by atoms with van der Waals surface area (Å²) >= 11 is 0. The lowest BCUT2D eigenvalue weighted by molar-refractivity contribution is -0.133. The number of carbonyl (C=O) groups excluding carboxylic acids is 3. The number of likely N-dealkylation sites (N-methyl/N-ethyl adjacent to an activating group) is 1. The normalized spacial score (nSPS) is 21.1. The van der Waals surface area contributed by atoms with E-state index in [1.54, 1.807) is 31.3 Å². The standard InChI is InChI=1S/C21H21N3O3/c1-14-7-9-15(10-8-14)13-22-20(27)21-12-11-18(25)24(21)17-6-4-3-5-16(17)19(26)23(21)2/h3-10H,11-13H2,1-2H3,(H,22,27)/t21-/m0/s1. The van der Waals surface area contributed by atoms with Gasteiger partial charge in [0, 0.05) is 26.4 Å². The van der Waals surface area contributed by atoms with Crippen LogP contribution in [0.15, 0.2) is 48.5 Å². The first-order chi connectivity index (χ1) is 12.9. The molecule has 2 heterocycles. The van der Waals surface area contributed by atoms with E-state index in [4.69, 9.17) is 0 Å². The molecule has 0 unspecified atom stereocenters. The zero-order valence-electron chi connectivity index (χ0n) is 15.4. The van der Waals surface area contributed by atoms with Crippen molar-refractivity contribution >= 4 is 23.4 Å². The molecule has 0 saturated carbocycles. The van der Waals surface area contributed by atoms with E-state index in [-0.39, 0.29) is 30.6 Å². The van der Waals surface area contributed by atoms with Crippen LogP contribution in [0.25, 0.3) is 0 Å². The van der Waals surface area contributed by atoms with Gasteiger partial charge in [0.2, 0.25) is 11.6 Å². The van der Waals surface area contributed by atoms with Gasteiger partial charge in [-0.3, -0.25) is 19.3 Å². The molecule has 1 atom stereocenters. The molecule has 6 heteroatoms. The quantitative estimate of drug-likeness (QED) is 0.909. The molecule has 0 bridgehead atoms. The van der Waals surface area contributed by atoms with Gasteiger partial charge in [0.25, 0.3) is 11.8 Å². The molecule has 2 aromatic carbocycles. The molecular weight excluding hydrogens is 342 g/mol. The Morgan fingerprint density at radius 2 is 1.81 bits per heavy atom. The van der Waals surface area contributed by atoms with Crippen LogP contribution in [0.4, 0.5) is 5.69 Å². The largest absolute Gasteiger partial charge is 0.348 e. The first-order valence-electron chi connectivity index (χ1n) is 8.99. The van der Waals surface area contributed by atoms with E-state index in [1.165, 1.54) is 9.80 Å². The number of rotatable bonds is 3. The Morgan fingerprint density at radius 1 is 1.11 bits per heavy atom. The molecule has 1 fully saturated rings. The van der Waals surface area contributed by atoms with E-state index in [9.17, 15) is 14.4 Å². The molecule has 0 radical (unpaired) electrons. The Balaban J connectivity index is 1.69. The highest BCUT2D eigenvalue weighted by Crippen LogP contribution is 2.43. The van der Waals surface area contributed by atoms with Crippen molar-refractivity contribution in [3.63, 3.8) is 0 Å². The second-order valence-corrected chi connectivity index (χ2v) is 7.10. The highest BCUT2D eigenvalue weighted by molar-refractivity contribution is 6.16. The topological polar surface area (TPSA) is 69.7 Å². The number of hydrogen-bond donors (Lipinski definition) is 1. The van der Waals surface area contributed by atoms with Crippen LogP contribution < -0.4 is 10.2 Å². The third-order valence-electron chi connectivity index (χ3n) is 5.48. The van der Waals surface area contributed by atoms with Crippen LogP contribution in [0.2, 0.25) is 0 Å². The Labute approximate surface area is 157 Å². The molecule has 2 aromatic rings. The van der Waals surface area contributed by atoms with Crippen molar-refractivity contribution in [3.05, 3.63) is 65.2 Å². The highest BCUT2D eigenvalue weighted by atomic mass is 16.2. The molecule has 27 heavy (non-hydrogen) atoms. The Kier molecular flexibility index (Phi) is 3.98. The molecule has 3 amide bonds. The molecule has 0 spiro atoms. The van der Waals surface area contributed by atoms with Crippen molar-refractivity contribution in [2.24, 2.45) is 0 Å². The van der Waals surface area contributed by atoms with E-state index >= 15 is 0 Å². The van der Waals surface area contributed by atoms with Crippen molar-refractivity contribution in [3.8, 4) is 0 Å². The number of para-hydroxylation sites is 1. The summed E-state index contributed by atoms with van der Waals surface area (Å²) in [6.45, 7) is 2.34. The molecule has 1 N–H and O–H groups in total. The van der Waals surface area contributed by atoms with E-state index in [0.717, 1.165) is 11.1 Å². The second-order valence-electron chi connectivity index (χ2n) is 7.10. The summed E-state index contributed by atoms with van der Waals surface area (Å²) in [5.41, 5.74) is 1.75. The molecule has 4 rings (SSSR count). The lowest BCUT2D eigenvalue weighted by atomic mass is 9.96. The summed E-state index contributed by atoms with van der Waals surface area (Å²) in [5.74, 6) is -0.728. The van der Waals surface area contributed by atoms with Crippen LogP contribution in [0.5, 0.6) is 0 Å². The molecule has 0 aromatic heterocycles. The number of carbonyl (C=O) groups is 3. The predicted molar refractivity (Wildman–Crippen MR) is 101 cm³/mol. The third-order valence-corrected chi connectivity index (χ3v) is 5.48. The number of aryl methyl sites for hydroxylation is 1. The summed E-state index contributed by atoms with van der Waals surface area (Å²) in [6.07, 6.45) is 0.506. The summed E-state index contributed by atoms with van der Waals surface area (Å²) < 4.78 is 0. The number of nitrogens with zero attached hydrogens (tertiary/aromatic N) is 2. The van der Waals surface area contributed by atoms with Gasteiger partial charge in [-0.2, -0.15) is 0 Å². The van der Waals surface area contributed by atoms with E-state index in [1.807, 2.05) is 31.2 Å². The van der Waals surface area contributed by atoms with E-state index < -0.39 is 5.66 Å². The molecule has 6 nitrogen and oxygen atoms in total. The summed E-state index contributed by atoms with van der Waals surface area (Å²) in [5, 5.41) is 2.93. The van der Waals surface area contributed by atoms with Gasteiger partial charge in [0.1, 0.15) is 0 Å². The summed E-state index contributed by atoms with van der Waals surface area (Å²) in [6, 6.07) is 14.8. The van der Waals surface area contributed by atoms with Crippen molar-refractivity contribution in [1.82, 2.24) is 10.2 Å². The fraction of sp³-hybridized carbons (Fsp3) is 0.286. The summed E-state index contributed by atoms with van der Waals surface area (Å²) in [4.78, 5) is 41.7. The van der Waals surface area contributed by atoms with Gasteiger partial charge in [0.15, 0.2) is 0 Å². The minimum atomic E-state index is -1.31. The third kappa shape index (κ3) is 2.51. The lowest BCUT2D eigenvalue weighted by Gasteiger charge is -2.47. The van der Waals surface area contributed by atoms with Crippen LogP contribution in [0.3, 0.4) is 0 Å². The van der Waals surface area contributed by atoms with E-state index in [0.29, 0.717) is 17.8 Å². The SMILES string of the molecule is Cc1ccc(CNC(=O)[C@]23CCC(=O)N2c2ccccc2C(=O)N3C)cc1. The zero-order valence-corrected chi connectivity index (χ0v) is 15.4. The Hall–Kier alpha value is -3.15. The second kappa shape index (κ2) is 6.23. The molecule has 1 saturated heterocycles. The monoisotopic (exact) mass is 363 g/mol. The number of amides is 3.